The Hall–Kier alpha value is -4.11. The van der Waals surface area contributed by atoms with Crippen molar-refractivity contribution in [3.63, 3.8) is 0 Å². The van der Waals surface area contributed by atoms with Gasteiger partial charge in [0.1, 0.15) is 17.6 Å². The molecule has 1 atom stereocenters. The normalized spacial score (nSPS) is 12.1. The lowest BCUT2D eigenvalue weighted by Gasteiger charge is -2.19. The van der Waals surface area contributed by atoms with Gasteiger partial charge in [-0.15, -0.1) is 0 Å². The van der Waals surface area contributed by atoms with Gasteiger partial charge in [-0.25, -0.2) is 13.4 Å². The topological polar surface area (TPSA) is 102 Å². The zero-order valence-electron chi connectivity index (χ0n) is 18.7. The largest absolute Gasteiger partial charge is 0.495 e. The SMILES string of the molecule is COc1ccccc1NS(=O)(=O)c1ccc(C(=O)NC(c2ccccc2)c2nccn2C)cc1. The number of para-hydroxylation sites is 2. The summed E-state index contributed by atoms with van der Waals surface area (Å²) in [6.07, 6.45) is 3.48. The van der Waals surface area contributed by atoms with Gasteiger partial charge in [0.05, 0.1) is 17.7 Å². The molecule has 0 bridgehead atoms. The maximum Gasteiger partial charge on any atom is 0.262 e. The van der Waals surface area contributed by atoms with Gasteiger partial charge < -0.3 is 14.6 Å². The van der Waals surface area contributed by atoms with E-state index in [2.05, 4.69) is 15.0 Å². The van der Waals surface area contributed by atoms with Gasteiger partial charge in [-0.05, 0) is 42.0 Å². The zero-order chi connectivity index (χ0) is 24.1. The number of amides is 1. The molecule has 0 fully saturated rings. The fourth-order valence-electron chi connectivity index (χ4n) is 3.53. The van der Waals surface area contributed by atoms with Crippen LogP contribution in [0.3, 0.4) is 0 Å². The van der Waals surface area contributed by atoms with Crippen LogP contribution in [-0.2, 0) is 17.1 Å². The third-order valence-corrected chi connectivity index (χ3v) is 6.68. The van der Waals surface area contributed by atoms with Crippen molar-refractivity contribution in [1.29, 1.82) is 0 Å². The highest BCUT2D eigenvalue weighted by Crippen LogP contribution is 2.26. The molecule has 0 radical (unpaired) electrons. The number of ether oxygens (including phenoxy) is 1. The molecule has 0 spiro atoms. The quantitative estimate of drug-likeness (QED) is 0.403. The number of methoxy groups -OCH3 is 1. The molecule has 0 aliphatic heterocycles. The van der Waals surface area contributed by atoms with E-state index in [4.69, 9.17) is 4.74 Å². The van der Waals surface area contributed by atoms with Crippen molar-refractivity contribution < 1.29 is 17.9 Å². The Bertz CT molecular complexity index is 1380. The van der Waals surface area contributed by atoms with Gasteiger partial charge in [-0.3, -0.25) is 9.52 Å². The standard InChI is InChI=1S/C25H24N4O4S/c1-29-17-16-26-24(29)23(18-8-4-3-5-9-18)27-25(30)19-12-14-20(15-13-19)34(31,32)28-21-10-6-7-11-22(21)33-2/h3-17,23,28H,1-2H3,(H,27,30). The van der Waals surface area contributed by atoms with E-state index in [0.29, 0.717) is 22.8 Å². The van der Waals surface area contributed by atoms with Crippen molar-refractivity contribution in [1.82, 2.24) is 14.9 Å². The van der Waals surface area contributed by atoms with Crippen LogP contribution < -0.4 is 14.8 Å². The first-order valence-corrected chi connectivity index (χ1v) is 12.0. The number of sulfonamides is 1. The molecule has 34 heavy (non-hydrogen) atoms. The van der Waals surface area contributed by atoms with Crippen molar-refractivity contribution in [3.05, 3.63) is 108 Å². The lowest BCUT2D eigenvalue weighted by Crippen LogP contribution is -2.31. The number of carbonyl (C=O) groups excluding carboxylic acids is 1. The van der Waals surface area contributed by atoms with Crippen LogP contribution in [0.5, 0.6) is 5.75 Å². The Balaban J connectivity index is 1.55. The fraction of sp³-hybridized carbons (Fsp3) is 0.120. The molecule has 0 aliphatic rings. The molecule has 8 nitrogen and oxygen atoms in total. The Morgan fingerprint density at radius 1 is 0.971 bits per heavy atom. The minimum Gasteiger partial charge on any atom is -0.495 e. The van der Waals surface area contributed by atoms with Crippen LogP contribution in [0, 0.1) is 0 Å². The summed E-state index contributed by atoms with van der Waals surface area (Å²) >= 11 is 0. The highest BCUT2D eigenvalue weighted by Gasteiger charge is 2.22. The van der Waals surface area contributed by atoms with E-state index in [0.717, 1.165) is 5.56 Å². The first-order chi connectivity index (χ1) is 16.4. The van der Waals surface area contributed by atoms with E-state index in [9.17, 15) is 13.2 Å². The number of aromatic nitrogens is 2. The maximum atomic E-state index is 13.0. The monoisotopic (exact) mass is 476 g/mol. The molecule has 1 amide bonds. The average Bonchev–Trinajstić information content (AvgIpc) is 3.28. The van der Waals surface area contributed by atoms with Crippen LogP contribution in [-0.4, -0.2) is 31.0 Å². The highest BCUT2D eigenvalue weighted by atomic mass is 32.2. The van der Waals surface area contributed by atoms with E-state index in [1.807, 2.05) is 48.1 Å². The van der Waals surface area contributed by atoms with Gasteiger partial charge in [0, 0.05) is 25.0 Å². The van der Waals surface area contributed by atoms with Crippen LogP contribution in [0.15, 0.2) is 96.2 Å². The number of hydrogen-bond acceptors (Lipinski definition) is 5. The minimum atomic E-state index is -3.87. The summed E-state index contributed by atoms with van der Waals surface area (Å²) in [5.74, 6) is 0.738. The van der Waals surface area contributed by atoms with E-state index in [1.165, 1.54) is 31.4 Å². The molecule has 4 aromatic rings. The number of aryl methyl sites for hydroxylation is 1. The summed E-state index contributed by atoms with van der Waals surface area (Å²) in [6, 6.07) is 21.5. The van der Waals surface area contributed by atoms with Gasteiger partial charge in [-0.2, -0.15) is 0 Å². The number of hydrogen-bond donors (Lipinski definition) is 2. The lowest BCUT2D eigenvalue weighted by atomic mass is 10.1. The molecular weight excluding hydrogens is 452 g/mol. The van der Waals surface area contributed by atoms with Crippen LogP contribution in [0.4, 0.5) is 5.69 Å². The molecule has 4 rings (SSSR count). The van der Waals surface area contributed by atoms with Crippen LogP contribution in [0.25, 0.3) is 0 Å². The predicted molar refractivity (Wildman–Crippen MR) is 129 cm³/mol. The first kappa shape index (κ1) is 23.1. The Morgan fingerprint density at radius 2 is 1.65 bits per heavy atom. The zero-order valence-corrected chi connectivity index (χ0v) is 19.5. The molecule has 0 aliphatic carbocycles. The number of nitrogens with zero attached hydrogens (tertiary/aromatic N) is 2. The van der Waals surface area contributed by atoms with Gasteiger partial charge in [0.25, 0.3) is 15.9 Å². The van der Waals surface area contributed by atoms with Gasteiger partial charge in [0.15, 0.2) is 0 Å². The fourth-order valence-corrected chi connectivity index (χ4v) is 4.60. The average molecular weight is 477 g/mol. The molecular formula is C25H24N4O4S. The number of imidazole rings is 1. The molecule has 1 heterocycles. The van der Waals surface area contributed by atoms with E-state index in [1.54, 1.807) is 30.5 Å². The van der Waals surface area contributed by atoms with Crippen LogP contribution in [0.1, 0.15) is 27.8 Å². The van der Waals surface area contributed by atoms with Gasteiger partial charge in [0.2, 0.25) is 0 Å². The highest BCUT2D eigenvalue weighted by molar-refractivity contribution is 7.92. The summed E-state index contributed by atoms with van der Waals surface area (Å²) in [5.41, 5.74) is 1.53. The van der Waals surface area contributed by atoms with Crippen molar-refractivity contribution in [2.24, 2.45) is 7.05 Å². The molecule has 9 heteroatoms. The van der Waals surface area contributed by atoms with E-state index < -0.39 is 16.1 Å². The second-order valence-corrected chi connectivity index (χ2v) is 9.23. The summed E-state index contributed by atoms with van der Waals surface area (Å²) in [4.78, 5) is 17.5. The molecule has 1 unspecified atom stereocenters. The predicted octanol–water partition coefficient (Wildman–Crippen LogP) is 3.75. The van der Waals surface area contributed by atoms with Gasteiger partial charge in [-0.1, -0.05) is 42.5 Å². The molecule has 3 aromatic carbocycles. The third kappa shape index (κ3) is 4.94. The molecule has 174 valence electrons. The smallest absolute Gasteiger partial charge is 0.262 e. The van der Waals surface area contributed by atoms with Crippen molar-refractivity contribution in [3.8, 4) is 5.75 Å². The van der Waals surface area contributed by atoms with E-state index >= 15 is 0 Å². The Labute approximate surface area is 198 Å². The molecule has 2 N–H and O–H groups in total. The Morgan fingerprint density at radius 3 is 2.29 bits per heavy atom. The molecule has 0 saturated carbocycles. The third-order valence-electron chi connectivity index (χ3n) is 5.30. The lowest BCUT2D eigenvalue weighted by molar-refractivity contribution is 0.0941. The van der Waals surface area contributed by atoms with Crippen LogP contribution in [0.2, 0.25) is 0 Å². The summed E-state index contributed by atoms with van der Waals surface area (Å²) < 4.78 is 35.2. The number of anilines is 1. The summed E-state index contributed by atoms with van der Waals surface area (Å²) in [7, 11) is -0.544. The second kappa shape index (κ2) is 9.80. The number of rotatable bonds is 8. The maximum absolute atomic E-state index is 13.0. The number of carbonyl (C=O) groups is 1. The minimum absolute atomic E-state index is 0.0265. The first-order valence-electron chi connectivity index (χ1n) is 10.5. The van der Waals surface area contributed by atoms with Crippen molar-refractivity contribution in [2.75, 3.05) is 11.8 Å². The number of nitrogens with one attached hydrogen (secondary N) is 2. The summed E-state index contributed by atoms with van der Waals surface area (Å²) in [5, 5.41) is 3.00. The van der Waals surface area contributed by atoms with Crippen LogP contribution >= 0.6 is 0 Å². The van der Waals surface area contributed by atoms with Gasteiger partial charge >= 0.3 is 0 Å². The van der Waals surface area contributed by atoms with Crippen molar-refractivity contribution >= 4 is 21.6 Å². The molecule has 1 aromatic heterocycles. The number of benzene rings is 3. The molecule has 0 saturated heterocycles. The van der Waals surface area contributed by atoms with E-state index in [-0.39, 0.29) is 10.8 Å². The Kier molecular flexibility index (Phi) is 6.65. The second-order valence-electron chi connectivity index (χ2n) is 7.54. The summed E-state index contributed by atoms with van der Waals surface area (Å²) in [6.45, 7) is 0. The van der Waals surface area contributed by atoms with Crippen molar-refractivity contribution in [2.45, 2.75) is 10.9 Å².